The summed E-state index contributed by atoms with van der Waals surface area (Å²) in [6, 6.07) is 13.3. The highest BCUT2D eigenvalue weighted by Crippen LogP contribution is 2.33. The van der Waals surface area contributed by atoms with Crippen molar-refractivity contribution in [1.29, 1.82) is 0 Å². The molecule has 8 nitrogen and oxygen atoms in total. The number of carbonyl (C=O) groups is 2. The zero-order valence-electron chi connectivity index (χ0n) is 20.9. The normalized spacial score (nSPS) is 21.1. The lowest BCUT2D eigenvalue weighted by Gasteiger charge is -2.27. The van der Waals surface area contributed by atoms with Gasteiger partial charge in [0.25, 0.3) is 0 Å². The average Bonchev–Trinajstić information content (AvgIpc) is 3.30. The molecule has 0 bridgehead atoms. The second-order valence-corrected chi connectivity index (χ2v) is 10.3. The molecule has 3 aromatic rings. The van der Waals surface area contributed by atoms with Gasteiger partial charge >= 0.3 is 12.1 Å². The first-order valence-corrected chi connectivity index (χ1v) is 12.1. The Balaban J connectivity index is 1.51. The molecular formula is C27H33FN4O4. The molecule has 1 aliphatic rings. The van der Waals surface area contributed by atoms with Gasteiger partial charge in [0.05, 0.1) is 12.2 Å². The molecule has 0 saturated carbocycles. The van der Waals surface area contributed by atoms with Crippen molar-refractivity contribution in [1.82, 2.24) is 20.7 Å². The van der Waals surface area contributed by atoms with Crippen molar-refractivity contribution in [2.24, 2.45) is 0 Å². The van der Waals surface area contributed by atoms with Crippen LogP contribution in [0.1, 0.15) is 51.2 Å². The fourth-order valence-electron chi connectivity index (χ4n) is 4.60. The van der Waals surface area contributed by atoms with Crippen molar-refractivity contribution < 1.29 is 23.8 Å². The van der Waals surface area contributed by atoms with E-state index in [1.807, 2.05) is 37.4 Å². The van der Waals surface area contributed by atoms with Gasteiger partial charge in [-0.25, -0.2) is 19.6 Å². The number of aromatic nitrogens is 1. The number of carbonyl (C=O) groups excluding carboxylic acids is 1. The zero-order valence-corrected chi connectivity index (χ0v) is 20.9. The van der Waals surface area contributed by atoms with Crippen LogP contribution in [0.25, 0.3) is 10.9 Å². The molecule has 0 radical (unpaired) electrons. The van der Waals surface area contributed by atoms with E-state index in [-0.39, 0.29) is 17.8 Å². The van der Waals surface area contributed by atoms with E-state index in [2.05, 4.69) is 15.7 Å². The second-order valence-electron chi connectivity index (χ2n) is 10.3. The van der Waals surface area contributed by atoms with E-state index in [9.17, 15) is 19.1 Å². The Hall–Kier alpha value is -3.43. The molecule has 2 aromatic carbocycles. The SMILES string of the molecule is CC(CC(NC(=O)OC(C)(C)C)NN1[C@H](Cc2c[nH]c3ccccc23)[C@@H]1C(=O)O)c1ccccc1F. The number of benzene rings is 2. The monoisotopic (exact) mass is 496 g/mol. The molecule has 4 N–H and O–H groups in total. The molecule has 3 unspecified atom stereocenters. The van der Waals surface area contributed by atoms with Crippen LogP contribution in [0.3, 0.4) is 0 Å². The summed E-state index contributed by atoms with van der Waals surface area (Å²) >= 11 is 0. The van der Waals surface area contributed by atoms with Crippen LogP contribution < -0.4 is 10.7 Å². The molecule has 1 aliphatic heterocycles. The smallest absolute Gasteiger partial charge is 0.408 e. The molecule has 0 aliphatic carbocycles. The number of hydrazine groups is 1. The van der Waals surface area contributed by atoms with Crippen molar-refractivity contribution in [2.45, 2.75) is 70.3 Å². The number of nitrogens with zero attached hydrogens (tertiary/aromatic N) is 1. The number of carboxylic acid groups (broad SMARTS) is 1. The quantitative estimate of drug-likeness (QED) is 0.256. The van der Waals surface area contributed by atoms with Crippen molar-refractivity contribution in [3.8, 4) is 0 Å². The molecule has 1 fully saturated rings. The molecule has 2 heterocycles. The van der Waals surface area contributed by atoms with Gasteiger partial charge in [-0.3, -0.25) is 4.79 Å². The minimum absolute atomic E-state index is 0.256. The molecule has 4 rings (SSSR count). The fourth-order valence-corrected chi connectivity index (χ4v) is 4.60. The van der Waals surface area contributed by atoms with Gasteiger partial charge in [0, 0.05) is 17.1 Å². The van der Waals surface area contributed by atoms with Gasteiger partial charge in [-0.2, -0.15) is 0 Å². The standard InChI is InChI=1S/C27H33FN4O4/c1-16(18-9-5-7-11-20(18)28)13-23(30-26(35)36-27(2,3)4)31-32-22(24(32)25(33)34)14-17-15-29-21-12-8-6-10-19(17)21/h5-12,15-16,22-24,29,31H,13-14H2,1-4H3,(H,30,35)(H,33,34)/t16?,22-,23?,24-,32?/m1/s1. The third-order valence-electron chi connectivity index (χ3n) is 6.31. The molecule has 192 valence electrons. The van der Waals surface area contributed by atoms with Gasteiger partial charge in [-0.05, 0) is 62.8 Å². The highest BCUT2D eigenvalue weighted by Gasteiger charge is 2.54. The number of nitrogens with one attached hydrogen (secondary N) is 3. The number of ether oxygens (including phenoxy) is 1. The molecule has 1 aromatic heterocycles. The number of halogens is 1. The van der Waals surface area contributed by atoms with E-state index in [1.165, 1.54) is 6.07 Å². The van der Waals surface area contributed by atoms with Crippen LogP contribution >= 0.6 is 0 Å². The maximum Gasteiger partial charge on any atom is 0.408 e. The third-order valence-corrected chi connectivity index (χ3v) is 6.31. The minimum atomic E-state index is -0.953. The number of para-hydroxylation sites is 1. The van der Waals surface area contributed by atoms with Crippen LogP contribution in [0.2, 0.25) is 0 Å². The van der Waals surface area contributed by atoms with Gasteiger partial charge in [-0.1, -0.05) is 43.3 Å². The molecule has 0 spiro atoms. The van der Waals surface area contributed by atoms with Gasteiger partial charge in [0.2, 0.25) is 0 Å². The number of hydrogen-bond donors (Lipinski definition) is 4. The number of aliphatic carboxylic acids is 1. The van der Waals surface area contributed by atoms with Crippen molar-refractivity contribution in [2.75, 3.05) is 0 Å². The lowest BCUT2D eigenvalue weighted by Crippen LogP contribution is -2.50. The summed E-state index contributed by atoms with van der Waals surface area (Å²) in [5, 5.41) is 15.3. The summed E-state index contributed by atoms with van der Waals surface area (Å²) in [5.41, 5.74) is 5.00. The highest BCUT2D eigenvalue weighted by molar-refractivity contribution is 5.84. The van der Waals surface area contributed by atoms with E-state index < -0.39 is 29.9 Å². The van der Waals surface area contributed by atoms with Gasteiger partial charge in [0.1, 0.15) is 17.5 Å². The molecule has 1 amide bonds. The largest absolute Gasteiger partial charge is 0.480 e. The van der Waals surface area contributed by atoms with Crippen LogP contribution in [-0.4, -0.2) is 51.0 Å². The van der Waals surface area contributed by atoms with Gasteiger partial charge in [0.15, 0.2) is 0 Å². The van der Waals surface area contributed by atoms with Crippen LogP contribution in [-0.2, 0) is 16.0 Å². The van der Waals surface area contributed by atoms with E-state index in [1.54, 1.807) is 44.0 Å². The van der Waals surface area contributed by atoms with Crippen LogP contribution in [0.15, 0.2) is 54.7 Å². The van der Waals surface area contributed by atoms with E-state index in [0.29, 0.717) is 18.4 Å². The molecular weight excluding hydrogens is 463 g/mol. The Labute approximate surface area is 209 Å². The lowest BCUT2D eigenvalue weighted by atomic mass is 9.96. The summed E-state index contributed by atoms with van der Waals surface area (Å²) in [4.78, 5) is 27.8. The first-order valence-electron chi connectivity index (χ1n) is 12.1. The first-order chi connectivity index (χ1) is 17.0. The number of fused-ring (bicyclic) bond motifs is 1. The highest BCUT2D eigenvalue weighted by atomic mass is 19.1. The third kappa shape index (κ3) is 6.03. The summed E-state index contributed by atoms with van der Waals surface area (Å²) < 4.78 is 19.8. The molecule has 1 saturated heterocycles. The predicted octanol–water partition coefficient (Wildman–Crippen LogP) is 4.54. The maximum atomic E-state index is 14.4. The van der Waals surface area contributed by atoms with Gasteiger partial charge in [-0.15, -0.1) is 0 Å². The number of aromatic amines is 1. The Morgan fingerprint density at radius 3 is 2.56 bits per heavy atom. The van der Waals surface area contributed by atoms with E-state index in [0.717, 1.165) is 16.5 Å². The lowest BCUT2D eigenvalue weighted by molar-refractivity contribution is -0.137. The first kappa shape index (κ1) is 25.7. The number of alkyl carbamates (subject to hydrolysis) is 1. The Bertz CT molecular complexity index is 1240. The van der Waals surface area contributed by atoms with E-state index in [4.69, 9.17) is 4.74 Å². The number of rotatable bonds is 9. The minimum Gasteiger partial charge on any atom is -0.480 e. The summed E-state index contributed by atoms with van der Waals surface area (Å²) in [6.45, 7) is 7.15. The van der Waals surface area contributed by atoms with E-state index >= 15 is 0 Å². The Morgan fingerprint density at radius 1 is 1.17 bits per heavy atom. The van der Waals surface area contributed by atoms with Crippen LogP contribution in [0.4, 0.5) is 9.18 Å². The molecule has 9 heteroatoms. The Kier molecular flexibility index (Phi) is 7.33. The number of hydrogen-bond acceptors (Lipinski definition) is 5. The number of H-pyrrole nitrogens is 1. The van der Waals surface area contributed by atoms with Crippen molar-refractivity contribution in [3.63, 3.8) is 0 Å². The predicted molar refractivity (Wildman–Crippen MR) is 135 cm³/mol. The zero-order chi connectivity index (χ0) is 26.0. The second kappa shape index (κ2) is 10.3. The van der Waals surface area contributed by atoms with Crippen molar-refractivity contribution >= 4 is 23.0 Å². The fraction of sp³-hybridized carbons (Fsp3) is 0.407. The summed E-state index contributed by atoms with van der Waals surface area (Å²) in [7, 11) is 0. The summed E-state index contributed by atoms with van der Waals surface area (Å²) in [5.74, 6) is -1.53. The van der Waals surface area contributed by atoms with Gasteiger partial charge < -0.3 is 20.1 Å². The average molecular weight is 497 g/mol. The number of amides is 1. The Morgan fingerprint density at radius 2 is 1.86 bits per heavy atom. The summed E-state index contributed by atoms with van der Waals surface area (Å²) in [6.07, 6.45) is 1.42. The number of carboxylic acids is 1. The molecule has 5 atom stereocenters. The van der Waals surface area contributed by atoms with Crippen LogP contribution in [0.5, 0.6) is 0 Å². The van der Waals surface area contributed by atoms with Crippen molar-refractivity contribution in [3.05, 3.63) is 71.7 Å². The maximum absolute atomic E-state index is 14.4. The topological polar surface area (TPSA) is 106 Å². The van der Waals surface area contributed by atoms with Crippen LogP contribution in [0, 0.1) is 5.82 Å². The molecule has 36 heavy (non-hydrogen) atoms.